The number of benzene rings is 1. The van der Waals surface area contributed by atoms with E-state index in [2.05, 4.69) is 54.7 Å². The summed E-state index contributed by atoms with van der Waals surface area (Å²) >= 11 is 0. The maximum Gasteiger partial charge on any atom is 0.317 e. The minimum atomic E-state index is 0.0631. The molecule has 1 aromatic heterocycles. The highest BCUT2D eigenvalue weighted by molar-refractivity contribution is 5.74. The third-order valence-corrected chi connectivity index (χ3v) is 5.03. The Hall–Kier alpha value is -2.30. The van der Waals surface area contributed by atoms with Crippen LogP contribution in [-0.2, 0) is 13.5 Å². The van der Waals surface area contributed by atoms with E-state index >= 15 is 0 Å². The molecule has 2 atom stereocenters. The van der Waals surface area contributed by atoms with E-state index in [0.717, 1.165) is 25.9 Å². The van der Waals surface area contributed by atoms with Gasteiger partial charge in [0.15, 0.2) is 0 Å². The van der Waals surface area contributed by atoms with Crippen LogP contribution < -0.4 is 5.32 Å². The molecule has 0 unspecified atom stereocenters. The van der Waals surface area contributed by atoms with Gasteiger partial charge in [0.05, 0.1) is 6.20 Å². The molecule has 1 fully saturated rings. The molecule has 0 radical (unpaired) electrons. The number of likely N-dealkylation sites (tertiary alicyclic amines) is 1. The molecule has 5 nitrogen and oxygen atoms in total. The van der Waals surface area contributed by atoms with Crippen molar-refractivity contribution in [1.29, 1.82) is 0 Å². The van der Waals surface area contributed by atoms with E-state index in [1.807, 2.05) is 22.8 Å². The van der Waals surface area contributed by atoms with E-state index < -0.39 is 0 Å². The van der Waals surface area contributed by atoms with Crippen LogP contribution in [0.25, 0.3) is 0 Å². The van der Waals surface area contributed by atoms with Crippen molar-refractivity contribution >= 4 is 6.03 Å². The van der Waals surface area contributed by atoms with Crippen LogP contribution in [0.2, 0.25) is 0 Å². The minimum absolute atomic E-state index is 0.0631. The van der Waals surface area contributed by atoms with Gasteiger partial charge in [-0.25, -0.2) is 4.79 Å². The van der Waals surface area contributed by atoms with E-state index in [4.69, 9.17) is 0 Å². The fraction of sp³-hybridized carbons (Fsp3) is 0.500. The van der Waals surface area contributed by atoms with Crippen molar-refractivity contribution < 1.29 is 4.79 Å². The fourth-order valence-corrected chi connectivity index (χ4v) is 3.54. The third kappa shape index (κ3) is 4.62. The molecule has 1 aliphatic heterocycles. The summed E-state index contributed by atoms with van der Waals surface area (Å²) < 4.78 is 1.83. The van der Waals surface area contributed by atoms with Crippen LogP contribution in [0.3, 0.4) is 0 Å². The number of nitrogens with zero attached hydrogens (tertiary/aromatic N) is 3. The Kier molecular flexibility index (Phi) is 5.41. The molecule has 0 spiro atoms. The number of nitrogens with one attached hydrogen (secondary N) is 1. The van der Waals surface area contributed by atoms with E-state index in [-0.39, 0.29) is 6.03 Å². The molecule has 2 aromatic rings. The summed E-state index contributed by atoms with van der Waals surface area (Å²) in [5.74, 6) is 0.849. The van der Waals surface area contributed by atoms with Gasteiger partial charge in [0.1, 0.15) is 0 Å². The third-order valence-electron chi connectivity index (χ3n) is 5.03. The van der Waals surface area contributed by atoms with Gasteiger partial charge in [0.25, 0.3) is 0 Å². The van der Waals surface area contributed by atoms with Gasteiger partial charge in [-0.2, -0.15) is 5.10 Å². The first-order chi connectivity index (χ1) is 12.0. The first-order valence-electron chi connectivity index (χ1n) is 9.08. The summed E-state index contributed by atoms with van der Waals surface area (Å²) in [5.41, 5.74) is 3.78. The average Bonchev–Trinajstić information content (AvgIpc) is 3.22. The number of aryl methyl sites for hydroxylation is 2. The number of amides is 2. The normalized spacial score (nSPS) is 18.4. The van der Waals surface area contributed by atoms with E-state index in [1.54, 1.807) is 0 Å². The van der Waals surface area contributed by atoms with Crippen LogP contribution in [0.5, 0.6) is 0 Å². The molecule has 0 bridgehead atoms. The largest absolute Gasteiger partial charge is 0.337 e. The predicted molar refractivity (Wildman–Crippen MR) is 99.6 cm³/mol. The summed E-state index contributed by atoms with van der Waals surface area (Å²) in [6.07, 6.45) is 6.05. The maximum atomic E-state index is 12.4. The van der Waals surface area contributed by atoms with Crippen molar-refractivity contribution in [1.82, 2.24) is 20.0 Å². The van der Waals surface area contributed by atoms with Gasteiger partial charge in [0, 0.05) is 32.9 Å². The average molecular weight is 340 g/mol. The summed E-state index contributed by atoms with van der Waals surface area (Å²) in [6, 6.07) is 8.56. The molecule has 25 heavy (non-hydrogen) atoms. The zero-order valence-electron chi connectivity index (χ0n) is 15.4. The fourth-order valence-electron chi connectivity index (χ4n) is 3.54. The number of aromatic nitrogens is 2. The first-order valence-corrected chi connectivity index (χ1v) is 9.08. The lowest BCUT2D eigenvalue weighted by Crippen LogP contribution is -2.40. The summed E-state index contributed by atoms with van der Waals surface area (Å²) in [5, 5.41) is 7.32. The molecule has 1 aliphatic rings. The van der Waals surface area contributed by atoms with Crippen molar-refractivity contribution in [3.8, 4) is 0 Å². The highest BCUT2D eigenvalue weighted by Gasteiger charge is 2.26. The van der Waals surface area contributed by atoms with Crippen molar-refractivity contribution in [3.63, 3.8) is 0 Å². The SMILES string of the molecule is Cc1cccc([C@@H](C)CNC(=O)N2CC[C@H](Cc3cnn(C)c3)C2)c1. The molecule has 5 heteroatoms. The summed E-state index contributed by atoms with van der Waals surface area (Å²) in [4.78, 5) is 14.4. The standard InChI is InChI=1S/C20H28N4O/c1-15-5-4-6-19(9-15)16(2)11-21-20(25)24-8-7-17(14-24)10-18-12-22-23(3)13-18/h4-6,9,12-13,16-17H,7-8,10-11,14H2,1-3H3,(H,21,25)/t16-,17+/m0/s1. The van der Waals surface area contributed by atoms with Gasteiger partial charge in [0.2, 0.25) is 0 Å². The van der Waals surface area contributed by atoms with Gasteiger partial charge >= 0.3 is 6.03 Å². The van der Waals surface area contributed by atoms with Crippen LogP contribution in [0, 0.1) is 12.8 Å². The van der Waals surface area contributed by atoms with Gasteiger partial charge in [-0.15, -0.1) is 0 Å². The lowest BCUT2D eigenvalue weighted by molar-refractivity contribution is 0.206. The van der Waals surface area contributed by atoms with E-state index in [0.29, 0.717) is 18.4 Å². The Morgan fingerprint density at radius 1 is 1.44 bits per heavy atom. The van der Waals surface area contributed by atoms with Gasteiger partial charge in [-0.3, -0.25) is 4.68 Å². The number of urea groups is 1. The first kappa shape index (κ1) is 17.5. The van der Waals surface area contributed by atoms with Crippen LogP contribution in [0.1, 0.15) is 36.0 Å². The number of carbonyl (C=O) groups excluding carboxylic acids is 1. The van der Waals surface area contributed by atoms with Crippen molar-refractivity contribution in [3.05, 3.63) is 53.3 Å². The van der Waals surface area contributed by atoms with Gasteiger partial charge in [-0.05, 0) is 42.7 Å². The molecule has 0 saturated carbocycles. The smallest absolute Gasteiger partial charge is 0.317 e. The monoisotopic (exact) mass is 340 g/mol. The molecule has 2 amide bonds. The van der Waals surface area contributed by atoms with Crippen molar-refractivity contribution in [2.45, 2.75) is 32.6 Å². The zero-order chi connectivity index (χ0) is 17.8. The molecule has 1 aromatic carbocycles. The summed E-state index contributed by atoms with van der Waals surface area (Å²) in [6.45, 7) is 6.60. The second-order valence-electron chi connectivity index (χ2n) is 7.33. The highest BCUT2D eigenvalue weighted by Crippen LogP contribution is 2.21. The lowest BCUT2D eigenvalue weighted by atomic mass is 9.99. The topological polar surface area (TPSA) is 50.2 Å². The van der Waals surface area contributed by atoms with Crippen LogP contribution >= 0.6 is 0 Å². The van der Waals surface area contributed by atoms with Crippen LogP contribution in [-0.4, -0.2) is 40.3 Å². The zero-order valence-corrected chi connectivity index (χ0v) is 15.4. The Labute approximate surface area is 150 Å². The Morgan fingerprint density at radius 2 is 2.28 bits per heavy atom. The Balaban J connectivity index is 1.46. The van der Waals surface area contributed by atoms with Gasteiger partial charge < -0.3 is 10.2 Å². The highest BCUT2D eigenvalue weighted by atomic mass is 16.2. The molecule has 2 heterocycles. The number of rotatable bonds is 5. The van der Waals surface area contributed by atoms with Crippen LogP contribution in [0.4, 0.5) is 4.79 Å². The second-order valence-corrected chi connectivity index (χ2v) is 7.33. The molecule has 3 rings (SSSR count). The van der Waals surface area contributed by atoms with Crippen LogP contribution in [0.15, 0.2) is 36.7 Å². The van der Waals surface area contributed by atoms with Crippen molar-refractivity contribution in [2.24, 2.45) is 13.0 Å². The predicted octanol–water partition coefficient (Wildman–Crippen LogP) is 3.11. The quantitative estimate of drug-likeness (QED) is 0.909. The maximum absolute atomic E-state index is 12.4. The Bertz CT molecular complexity index is 724. The number of hydrogen-bond donors (Lipinski definition) is 1. The second kappa shape index (κ2) is 7.72. The molecular weight excluding hydrogens is 312 g/mol. The van der Waals surface area contributed by atoms with Crippen molar-refractivity contribution in [2.75, 3.05) is 19.6 Å². The Morgan fingerprint density at radius 3 is 3.00 bits per heavy atom. The molecule has 0 aliphatic carbocycles. The number of hydrogen-bond acceptors (Lipinski definition) is 2. The molecule has 134 valence electrons. The summed E-state index contributed by atoms with van der Waals surface area (Å²) in [7, 11) is 1.94. The molecule has 1 N–H and O–H groups in total. The minimum Gasteiger partial charge on any atom is -0.337 e. The van der Waals surface area contributed by atoms with E-state index in [1.165, 1.54) is 16.7 Å². The lowest BCUT2D eigenvalue weighted by Gasteiger charge is -2.20. The van der Waals surface area contributed by atoms with E-state index in [9.17, 15) is 4.79 Å². The van der Waals surface area contributed by atoms with Gasteiger partial charge in [-0.1, -0.05) is 36.8 Å². The molecular formula is C20H28N4O. The number of carbonyl (C=O) groups is 1. The molecule has 1 saturated heterocycles.